The molecule has 2 heteroatoms. The van der Waals surface area contributed by atoms with Crippen molar-refractivity contribution in [2.45, 2.75) is 12.8 Å². The van der Waals surface area contributed by atoms with Gasteiger partial charge < -0.3 is 5.11 Å². The summed E-state index contributed by atoms with van der Waals surface area (Å²) in [5.41, 5.74) is 2.48. The van der Waals surface area contributed by atoms with Crippen LogP contribution in [0.1, 0.15) is 17.5 Å². The molecule has 0 amide bonds. The van der Waals surface area contributed by atoms with Gasteiger partial charge in [0, 0.05) is 12.4 Å². The Hall–Kier alpha value is -0.730. The molecule has 76 valence electrons. The van der Waals surface area contributed by atoms with Gasteiger partial charge in [-0.25, -0.2) is 0 Å². The van der Waals surface area contributed by atoms with Crippen molar-refractivity contribution in [3.8, 4) is 0 Å². The van der Waals surface area contributed by atoms with Gasteiger partial charge in [-0.3, -0.25) is 0 Å². The lowest BCUT2D eigenvalue weighted by atomic mass is 10.1. The van der Waals surface area contributed by atoms with Crippen LogP contribution in [0.5, 0.6) is 0 Å². The molecular formula is C12H16OS. The first-order chi connectivity index (χ1) is 6.86. The Morgan fingerprint density at radius 3 is 2.50 bits per heavy atom. The highest BCUT2D eigenvalue weighted by molar-refractivity contribution is 7.80. The summed E-state index contributed by atoms with van der Waals surface area (Å²) in [7, 11) is 0. The molecule has 1 aromatic carbocycles. The number of aliphatic hydroxyl groups is 1. The van der Waals surface area contributed by atoms with E-state index in [9.17, 15) is 0 Å². The van der Waals surface area contributed by atoms with E-state index in [0.29, 0.717) is 0 Å². The summed E-state index contributed by atoms with van der Waals surface area (Å²) in [6, 6.07) is 8.39. The second-order valence-electron chi connectivity index (χ2n) is 3.15. The fourth-order valence-corrected chi connectivity index (χ4v) is 1.37. The molecule has 0 aliphatic carbocycles. The molecule has 1 rings (SSSR count). The van der Waals surface area contributed by atoms with Crippen LogP contribution in [0.25, 0.3) is 6.08 Å². The predicted molar refractivity (Wildman–Crippen MR) is 64.7 cm³/mol. The highest BCUT2D eigenvalue weighted by Gasteiger charge is 1.92. The smallest absolute Gasteiger partial charge is 0.0434 e. The van der Waals surface area contributed by atoms with Crippen LogP contribution < -0.4 is 0 Å². The van der Waals surface area contributed by atoms with Crippen LogP contribution in [-0.2, 0) is 6.42 Å². The third-order valence-electron chi connectivity index (χ3n) is 2.02. The molecule has 0 spiro atoms. The van der Waals surface area contributed by atoms with Crippen LogP contribution in [0, 0.1) is 0 Å². The van der Waals surface area contributed by atoms with E-state index in [1.807, 2.05) is 6.08 Å². The average molecular weight is 208 g/mol. The van der Waals surface area contributed by atoms with Crippen molar-refractivity contribution in [1.82, 2.24) is 0 Å². The Balaban J connectivity index is 2.54. The van der Waals surface area contributed by atoms with Gasteiger partial charge in [0.1, 0.15) is 0 Å². The Morgan fingerprint density at radius 2 is 1.93 bits per heavy atom. The predicted octanol–water partition coefficient (Wildman–Crippen LogP) is 2.55. The van der Waals surface area contributed by atoms with Gasteiger partial charge in [-0.2, -0.15) is 12.6 Å². The van der Waals surface area contributed by atoms with Crippen molar-refractivity contribution in [2.24, 2.45) is 0 Å². The summed E-state index contributed by atoms with van der Waals surface area (Å²) in [5.74, 6) is 0.770. The number of aryl methyl sites for hydroxylation is 1. The van der Waals surface area contributed by atoms with Crippen LogP contribution in [0.3, 0.4) is 0 Å². The largest absolute Gasteiger partial charge is 0.396 e. The molecule has 0 saturated carbocycles. The first-order valence-electron chi connectivity index (χ1n) is 4.84. The van der Waals surface area contributed by atoms with Crippen molar-refractivity contribution < 1.29 is 5.11 Å². The van der Waals surface area contributed by atoms with E-state index in [0.717, 1.165) is 18.6 Å². The SMILES string of the molecule is OCCCc1ccc(C=CCS)cc1. The van der Waals surface area contributed by atoms with Gasteiger partial charge in [0.2, 0.25) is 0 Å². The Bertz CT molecular complexity index is 277. The molecule has 0 unspecified atom stereocenters. The Labute approximate surface area is 90.9 Å². The molecule has 0 heterocycles. The minimum absolute atomic E-state index is 0.265. The molecule has 1 nitrogen and oxygen atoms in total. The summed E-state index contributed by atoms with van der Waals surface area (Å²) in [5, 5.41) is 8.68. The highest BCUT2D eigenvalue weighted by Crippen LogP contribution is 2.08. The van der Waals surface area contributed by atoms with E-state index >= 15 is 0 Å². The van der Waals surface area contributed by atoms with Crippen molar-refractivity contribution in [1.29, 1.82) is 0 Å². The van der Waals surface area contributed by atoms with Gasteiger partial charge in [0.25, 0.3) is 0 Å². The van der Waals surface area contributed by atoms with Crippen LogP contribution in [0.2, 0.25) is 0 Å². The second-order valence-corrected chi connectivity index (χ2v) is 3.52. The zero-order chi connectivity index (χ0) is 10.2. The molecule has 1 aromatic rings. The standard InChI is InChI=1S/C12H16OS/c13-9-1-3-11-5-7-12(8-6-11)4-2-10-14/h2,4-8,13-14H,1,3,9-10H2. The zero-order valence-corrected chi connectivity index (χ0v) is 9.08. The normalized spacial score (nSPS) is 11.0. The summed E-state index contributed by atoms with van der Waals surface area (Å²) in [6.07, 6.45) is 5.87. The van der Waals surface area contributed by atoms with E-state index < -0.39 is 0 Å². The lowest BCUT2D eigenvalue weighted by Gasteiger charge is -1.99. The van der Waals surface area contributed by atoms with E-state index in [1.165, 1.54) is 11.1 Å². The maximum Gasteiger partial charge on any atom is 0.0434 e. The molecule has 0 radical (unpaired) electrons. The summed E-state index contributed by atoms with van der Waals surface area (Å²) in [6.45, 7) is 0.265. The minimum Gasteiger partial charge on any atom is -0.396 e. The summed E-state index contributed by atoms with van der Waals surface area (Å²) in [4.78, 5) is 0. The van der Waals surface area contributed by atoms with Crippen LogP contribution in [0.15, 0.2) is 30.3 Å². The molecule has 0 aliphatic rings. The number of rotatable bonds is 5. The second kappa shape index (κ2) is 6.68. The molecule has 0 saturated heterocycles. The maximum atomic E-state index is 8.68. The van der Waals surface area contributed by atoms with Crippen LogP contribution in [-0.4, -0.2) is 17.5 Å². The number of thiol groups is 1. The first-order valence-corrected chi connectivity index (χ1v) is 5.47. The van der Waals surface area contributed by atoms with Gasteiger partial charge in [-0.1, -0.05) is 36.4 Å². The van der Waals surface area contributed by atoms with Crippen molar-refractivity contribution in [2.75, 3.05) is 12.4 Å². The average Bonchev–Trinajstić information content (AvgIpc) is 2.25. The van der Waals surface area contributed by atoms with E-state index in [2.05, 4.69) is 43.0 Å². The fraction of sp³-hybridized carbons (Fsp3) is 0.333. The molecule has 0 aromatic heterocycles. The van der Waals surface area contributed by atoms with Crippen molar-refractivity contribution >= 4 is 18.7 Å². The third-order valence-corrected chi connectivity index (χ3v) is 2.23. The quantitative estimate of drug-likeness (QED) is 0.713. The number of hydrogen-bond acceptors (Lipinski definition) is 2. The summed E-state index contributed by atoms with van der Waals surface area (Å²) >= 11 is 4.10. The number of aliphatic hydroxyl groups excluding tert-OH is 1. The van der Waals surface area contributed by atoms with E-state index in [-0.39, 0.29) is 6.61 Å². The molecule has 0 bridgehead atoms. The van der Waals surface area contributed by atoms with Gasteiger partial charge in [0.15, 0.2) is 0 Å². The van der Waals surface area contributed by atoms with Crippen LogP contribution in [0.4, 0.5) is 0 Å². The first kappa shape index (κ1) is 11.3. The van der Waals surface area contributed by atoms with Gasteiger partial charge in [0.05, 0.1) is 0 Å². The topological polar surface area (TPSA) is 20.2 Å². The number of hydrogen-bond donors (Lipinski definition) is 2. The highest BCUT2D eigenvalue weighted by atomic mass is 32.1. The van der Waals surface area contributed by atoms with Crippen molar-refractivity contribution in [3.63, 3.8) is 0 Å². The minimum atomic E-state index is 0.265. The summed E-state index contributed by atoms with van der Waals surface area (Å²) < 4.78 is 0. The Kier molecular flexibility index (Phi) is 5.42. The van der Waals surface area contributed by atoms with Gasteiger partial charge >= 0.3 is 0 Å². The van der Waals surface area contributed by atoms with Crippen LogP contribution >= 0.6 is 12.6 Å². The molecule has 14 heavy (non-hydrogen) atoms. The fourth-order valence-electron chi connectivity index (χ4n) is 1.27. The number of benzene rings is 1. The zero-order valence-electron chi connectivity index (χ0n) is 8.19. The molecule has 0 aliphatic heterocycles. The van der Waals surface area contributed by atoms with E-state index in [4.69, 9.17) is 5.11 Å². The van der Waals surface area contributed by atoms with Gasteiger partial charge in [-0.15, -0.1) is 0 Å². The monoisotopic (exact) mass is 208 g/mol. The lowest BCUT2D eigenvalue weighted by molar-refractivity contribution is 0.288. The van der Waals surface area contributed by atoms with Crippen molar-refractivity contribution in [3.05, 3.63) is 41.5 Å². The molecule has 0 atom stereocenters. The molecular weight excluding hydrogens is 192 g/mol. The molecule has 1 N–H and O–H groups in total. The Morgan fingerprint density at radius 1 is 1.21 bits per heavy atom. The maximum absolute atomic E-state index is 8.68. The van der Waals surface area contributed by atoms with E-state index in [1.54, 1.807) is 0 Å². The van der Waals surface area contributed by atoms with Gasteiger partial charge in [-0.05, 0) is 24.0 Å². The third kappa shape index (κ3) is 3.99. The lowest BCUT2D eigenvalue weighted by Crippen LogP contribution is -1.88. The molecule has 0 fully saturated rings.